The van der Waals surface area contributed by atoms with Crippen molar-refractivity contribution in [3.05, 3.63) is 34.9 Å². The van der Waals surface area contributed by atoms with Crippen LogP contribution in [0.4, 0.5) is 0 Å². The molecule has 0 bridgehead atoms. The van der Waals surface area contributed by atoms with E-state index in [1.165, 1.54) is 31.2 Å². The lowest BCUT2D eigenvalue weighted by atomic mass is 9.73. The van der Waals surface area contributed by atoms with Crippen LogP contribution in [0.25, 0.3) is 0 Å². The fraction of sp³-hybridized carbons (Fsp3) is 0.667. The van der Waals surface area contributed by atoms with Crippen LogP contribution in [-0.2, 0) is 10.3 Å². The van der Waals surface area contributed by atoms with Crippen molar-refractivity contribution in [1.29, 1.82) is 0 Å². The molecule has 1 aliphatic carbocycles. The van der Waals surface area contributed by atoms with E-state index in [0.29, 0.717) is 0 Å². The molecule has 1 heterocycles. The van der Waals surface area contributed by atoms with Gasteiger partial charge in [-0.25, -0.2) is 0 Å². The van der Waals surface area contributed by atoms with Crippen LogP contribution < -0.4 is 0 Å². The zero-order valence-electron chi connectivity index (χ0n) is 13.7. The predicted molar refractivity (Wildman–Crippen MR) is 91.5 cm³/mol. The average Bonchev–Trinajstić information content (AvgIpc) is 2.56. The number of nitrogens with zero attached hydrogens (tertiary/aromatic N) is 2. The number of hydrogen-bond acceptors (Lipinski definition) is 3. The maximum atomic E-state index is 6.07. The van der Waals surface area contributed by atoms with Crippen LogP contribution in [0.1, 0.15) is 31.2 Å². The first kappa shape index (κ1) is 16.3. The van der Waals surface area contributed by atoms with Crippen LogP contribution in [0.5, 0.6) is 0 Å². The van der Waals surface area contributed by atoms with Gasteiger partial charge in [0.2, 0.25) is 0 Å². The van der Waals surface area contributed by atoms with Gasteiger partial charge < -0.3 is 4.74 Å². The molecular weight excluding hydrogens is 296 g/mol. The van der Waals surface area contributed by atoms with Crippen molar-refractivity contribution in [3.8, 4) is 0 Å². The summed E-state index contributed by atoms with van der Waals surface area (Å²) in [6, 6.07) is 9.19. The lowest BCUT2D eigenvalue weighted by Crippen LogP contribution is -2.51. The Hall–Kier alpha value is -0.610. The van der Waals surface area contributed by atoms with Crippen molar-refractivity contribution in [3.63, 3.8) is 0 Å². The highest BCUT2D eigenvalue weighted by Gasteiger charge is 2.40. The number of rotatable bonds is 3. The summed E-state index contributed by atoms with van der Waals surface area (Å²) < 4.78 is 5.49. The highest BCUT2D eigenvalue weighted by Crippen LogP contribution is 2.42. The fourth-order valence-corrected chi connectivity index (χ4v) is 4.27. The molecule has 0 amide bonds. The third-order valence-corrected chi connectivity index (χ3v) is 5.83. The molecule has 2 aliphatic rings. The van der Waals surface area contributed by atoms with Gasteiger partial charge in [0.1, 0.15) is 0 Å². The van der Waals surface area contributed by atoms with Crippen molar-refractivity contribution in [2.24, 2.45) is 0 Å². The average molecular weight is 323 g/mol. The number of hydrogen-bond donors (Lipinski definition) is 0. The van der Waals surface area contributed by atoms with Crippen LogP contribution in [0.3, 0.4) is 0 Å². The summed E-state index contributed by atoms with van der Waals surface area (Å²) in [5.41, 5.74) is 1.57. The lowest BCUT2D eigenvalue weighted by molar-refractivity contribution is -0.0112. The first-order valence-corrected chi connectivity index (χ1v) is 8.75. The van der Waals surface area contributed by atoms with E-state index in [-0.39, 0.29) is 5.54 Å². The summed E-state index contributed by atoms with van der Waals surface area (Å²) in [7, 11) is 4.42. The molecule has 0 spiro atoms. The smallest absolute Gasteiger partial charge is 0.0594 e. The second-order valence-electron chi connectivity index (χ2n) is 6.81. The van der Waals surface area contributed by atoms with E-state index in [4.69, 9.17) is 16.3 Å². The molecule has 2 fully saturated rings. The third kappa shape index (κ3) is 3.18. The second-order valence-corrected chi connectivity index (χ2v) is 7.25. The van der Waals surface area contributed by atoms with E-state index in [0.717, 1.165) is 37.4 Å². The minimum absolute atomic E-state index is 0.160. The highest BCUT2D eigenvalue weighted by molar-refractivity contribution is 6.30. The highest BCUT2D eigenvalue weighted by atomic mass is 35.5. The SMILES string of the molecule is CN(C)C1(c2ccc(Cl)cc2)CCC(N2CCOCC2)CC1. The Kier molecular flexibility index (Phi) is 5.08. The summed E-state index contributed by atoms with van der Waals surface area (Å²) in [6.45, 7) is 3.99. The van der Waals surface area contributed by atoms with Crippen LogP contribution in [-0.4, -0.2) is 56.2 Å². The van der Waals surface area contributed by atoms with Gasteiger partial charge in [0.25, 0.3) is 0 Å². The van der Waals surface area contributed by atoms with Crippen LogP contribution >= 0.6 is 11.6 Å². The summed E-state index contributed by atoms with van der Waals surface area (Å²) in [5.74, 6) is 0. The Morgan fingerprint density at radius 3 is 2.23 bits per heavy atom. The lowest BCUT2D eigenvalue weighted by Gasteiger charge is -2.48. The number of benzene rings is 1. The molecule has 3 nitrogen and oxygen atoms in total. The van der Waals surface area contributed by atoms with Crippen LogP contribution in [0.15, 0.2) is 24.3 Å². The molecule has 0 unspecified atom stereocenters. The number of morpholine rings is 1. The molecule has 1 saturated carbocycles. The zero-order valence-corrected chi connectivity index (χ0v) is 14.5. The zero-order chi connectivity index (χ0) is 15.6. The fourth-order valence-electron chi connectivity index (χ4n) is 4.14. The molecule has 3 rings (SSSR count). The topological polar surface area (TPSA) is 15.7 Å². The van der Waals surface area contributed by atoms with Gasteiger partial charge in [-0.05, 0) is 57.5 Å². The molecule has 4 heteroatoms. The maximum absolute atomic E-state index is 6.07. The largest absolute Gasteiger partial charge is 0.379 e. The first-order chi connectivity index (χ1) is 10.6. The Balaban J connectivity index is 1.73. The van der Waals surface area contributed by atoms with Gasteiger partial charge in [-0.2, -0.15) is 0 Å². The normalized spacial score (nSPS) is 30.6. The Bertz CT molecular complexity index is 474. The maximum Gasteiger partial charge on any atom is 0.0594 e. The van der Waals surface area contributed by atoms with Gasteiger partial charge in [0.05, 0.1) is 13.2 Å². The van der Waals surface area contributed by atoms with Crippen molar-refractivity contribution < 1.29 is 4.74 Å². The molecule has 0 aromatic heterocycles. The Morgan fingerprint density at radius 1 is 1.09 bits per heavy atom. The van der Waals surface area contributed by atoms with Crippen molar-refractivity contribution >= 4 is 11.6 Å². The summed E-state index contributed by atoms with van der Waals surface area (Å²) >= 11 is 6.07. The first-order valence-electron chi connectivity index (χ1n) is 8.37. The van der Waals surface area contributed by atoms with Crippen molar-refractivity contribution in [2.45, 2.75) is 37.3 Å². The molecule has 0 radical (unpaired) electrons. The minimum Gasteiger partial charge on any atom is -0.379 e. The standard InChI is InChI=1S/C18H27ClN2O/c1-20(2)18(15-3-5-16(19)6-4-15)9-7-17(8-10-18)21-11-13-22-14-12-21/h3-6,17H,7-14H2,1-2H3. The van der Waals surface area contributed by atoms with E-state index in [1.54, 1.807) is 0 Å². The van der Waals surface area contributed by atoms with E-state index < -0.39 is 0 Å². The van der Waals surface area contributed by atoms with Crippen LogP contribution in [0, 0.1) is 0 Å². The molecule has 1 aromatic rings. The van der Waals surface area contributed by atoms with Gasteiger partial charge in [-0.3, -0.25) is 9.80 Å². The van der Waals surface area contributed by atoms with Gasteiger partial charge in [0.15, 0.2) is 0 Å². The molecular formula is C18H27ClN2O. The molecule has 0 atom stereocenters. The minimum atomic E-state index is 0.160. The molecule has 1 aliphatic heterocycles. The molecule has 1 aromatic carbocycles. The molecule has 1 saturated heterocycles. The molecule has 22 heavy (non-hydrogen) atoms. The Labute approximate surface area is 139 Å². The Morgan fingerprint density at radius 2 is 1.68 bits per heavy atom. The molecule has 0 N–H and O–H groups in total. The van der Waals surface area contributed by atoms with Crippen molar-refractivity contribution in [1.82, 2.24) is 9.80 Å². The van der Waals surface area contributed by atoms with E-state index in [2.05, 4.69) is 36.0 Å². The van der Waals surface area contributed by atoms with Gasteiger partial charge in [-0.1, -0.05) is 23.7 Å². The van der Waals surface area contributed by atoms with Gasteiger partial charge in [-0.15, -0.1) is 0 Å². The second kappa shape index (κ2) is 6.88. The molecule has 122 valence electrons. The summed E-state index contributed by atoms with van der Waals surface area (Å²) in [4.78, 5) is 5.04. The van der Waals surface area contributed by atoms with Gasteiger partial charge in [0, 0.05) is 29.7 Å². The van der Waals surface area contributed by atoms with E-state index in [1.807, 2.05) is 12.1 Å². The predicted octanol–water partition coefficient (Wildman–Crippen LogP) is 3.37. The van der Waals surface area contributed by atoms with E-state index >= 15 is 0 Å². The van der Waals surface area contributed by atoms with Crippen molar-refractivity contribution in [2.75, 3.05) is 40.4 Å². The van der Waals surface area contributed by atoms with Gasteiger partial charge >= 0.3 is 0 Å². The number of ether oxygens (including phenoxy) is 1. The third-order valence-electron chi connectivity index (χ3n) is 5.58. The summed E-state index contributed by atoms with van der Waals surface area (Å²) in [5, 5.41) is 0.819. The summed E-state index contributed by atoms with van der Waals surface area (Å²) in [6.07, 6.45) is 4.95. The monoisotopic (exact) mass is 322 g/mol. The number of halogens is 1. The van der Waals surface area contributed by atoms with Crippen LogP contribution in [0.2, 0.25) is 5.02 Å². The quantitative estimate of drug-likeness (QED) is 0.848. The van der Waals surface area contributed by atoms with E-state index in [9.17, 15) is 0 Å².